The molecule has 11 nitrogen and oxygen atoms in total. The van der Waals surface area contributed by atoms with Crippen molar-refractivity contribution in [3.8, 4) is 10.4 Å². The number of hydrogen-bond acceptors (Lipinski definition) is 8. The van der Waals surface area contributed by atoms with Gasteiger partial charge in [0.05, 0.1) is 54.3 Å². The topological polar surface area (TPSA) is 129 Å². The fourth-order valence-corrected chi connectivity index (χ4v) is 6.53. The first-order chi connectivity index (χ1) is 18.4. The van der Waals surface area contributed by atoms with Crippen molar-refractivity contribution in [3.05, 3.63) is 54.0 Å². The summed E-state index contributed by atoms with van der Waals surface area (Å²) in [4.78, 5) is 29.9. The van der Waals surface area contributed by atoms with E-state index in [2.05, 4.69) is 31.0 Å². The smallest absolute Gasteiger partial charge is 0.260 e. The number of aliphatic hydroxyl groups excluding tert-OH is 1. The summed E-state index contributed by atoms with van der Waals surface area (Å²) in [5.74, 6) is -0.308. The van der Waals surface area contributed by atoms with Gasteiger partial charge in [0.15, 0.2) is 0 Å². The summed E-state index contributed by atoms with van der Waals surface area (Å²) in [6.07, 6.45) is 15.7. The molecule has 0 radical (unpaired) electrons. The highest BCUT2D eigenvalue weighted by Gasteiger charge is 2.42. The molecule has 2 amide bonds. The SMILES string of the molecule is CC1NC=C(NC(=O)CN2CCC3(CCC3)C2)C=C1NC(=O)c1cnn2cc(-c3cnn(CCO)c3)sc12. The monoisotopic (exact) mass is 536 g/mol. The molecule has 3 aromatic heterocycles. The first-order valence-corrected chi connectivity index (χ1v) is 13.9. The molecule has 3 aliphatic rings. The number of fused-ring (bicyclic) bond motifs is 1. The van der Waals surface area contributed by atoms with E-state index < -0.39 is 0 Å². The summed E-state index contributed by atoms with van der Waals surface area (Å²) in [6.45, 7) is 4.77. The second-order valence-electron chi connectivity index (χ2n) is 10.5. The number of nitrogens with zero attached hydrogens (tertiary/aromatic N) is 5. The number of thiazole rings is 1. The van der Waals surface area contributed by atoms with E-state index >= 15 is 0 Å². The number of amides is 2. The minimum absolute atomic E-state index is 0.0159. The van der Waals surface area contributed by atoms with Crippen LogP contribution in [0.3, 0.4) is 0 Å². The van der Waals surface area contributed by atoms with E-state index in [1.165, 1.54) is 37.0 Å². The summed E-state index contributed by atoms with van der Waals surface area (Å²) < 4.78 is 3.36. The molecule has 1 saturated carbocycles. The van der Waals surface area contributed by atoms with Gasteiger partial charge in [0.25, 0.3) is 5.91 Å². The summed E-state index contributed by atoms with van der Waals surface area (Å²) >= 11 is 1.45. The summed E-state index contributed by atoms with van der Waals surface area (Å²) in [5, 5.41) is 26.9. The van der Waals surface area contributed by atoms with E-state index in [1.54, 1.807) is 27.8 Å². The van der Waals surface area contributed by atoms with Crippen molar-refractivity contribution in [2.24, 2.45) is 5.41 Å². The first kappa shape index (κ1) is 24.8. The molecule has 1 saturated heterocycles. The average Bonchev–Trinajstić information content (AvgIpc) is 3.64. The highest BCUT2D eigenvalue weighted by molar-refractivity contribution is 7.21. The number of allylic oxidation sites excluding steroid dienone is 1. The van der Waals surface area contributed by atoms with E-state index in [1.807, 2.05) is 25.4 Å². The van der Waals surface area contributed by atoms with Crippen LogP contribution in [0.5, 0.6) is 0 Å². The molecular weight excluding hydrogens is 504 g/mol. The zero-order chi connectivity index (χ0) is 26.3. The molecule has 1 spiro atoms. The van der Waals surface area contributed by atoms with Gasteiger partial charge in [0.1, 0.15) is 4.83 Å². The van der Waals surface area contributed by atoms with Gasteiger partial charge in [0, 0.05) is 36.4 Å². The molecule has 4 N–H and O–H groups in total. The molecule has 1 aliphatic carbocycles. The minimum Gasteiger partial charge on any atom is -0.394 e. The molecule has 5 heterocycles. The zero-order valence-corrected chi connectivity index (χ0v) is 22.1. The molecular formula is C26H32N8O3S. The highest BCUT2D eigenvalue weighted by atomic mass is 32.1. The van der Waals surface area contributed by atoms with E-state index in [-0.39, 0.29) is 24.5 Å². The molecule has 38 heavy (non-hydrogen) atoms. The fraction of sp³-hybridized carbons (Fsp3) is 0.462. The number of aliphatic hydroxyl groups is 1. The van der Waals surface area contributed by atoms with Crippen LogP contribution in [0.1, 0.15) is 43.0 Å². The number of hydrogen-bond donors (Lipinski definition) is 4. The van der Waals surface area contributed by atoms with E-state index in [0.717, 1.165) is 28.4 Å². The van der Waals surface area contributed by atoms with Gasteiger partial charge < -0.3 is 21.1 Å². The van der Waals surface area contributed by atoms with Gasteiger partial charge in [-0.3, -0.25) is 19.2 Å². The average molecular weight is 537 g/mol. The van der Waals surface area contributed by atoms with E-state index in [0.29, 0.717) is 35.5 Å². The van der Waals surface area contributed by atoms with Gasteiger partial charge in [-0.2, -0.15) is 10.2 Å². The third-order valence-corrected chi connectivity index (χ3v) is 8.96. The van der Waals surface area contributed by atoms with Gasteiger partial charge in [-0.1, -0.05) is 6.42 Å². The molecule has 0 aromatic carbocycles. The van der Waals surface area contributed by atoms with Gasteiger partial charge in [-0.25, -0.2) is 4.52 Å². The molecule has 2 fully saturated rings. The Morgan fingerprint density at radius 1 is 1.21 bits per heavy atom. The van der Waals surface area contributed by atoms with Crippen molar-refractivity contribution in [3.63, 3.8) is 0 Å². The standard InChI is InChI=1S/C26H32N8O3S/c1-17-21(9-19(11-27-17)30-23(36)15-32-6-5-26(16-32)3-2-4-26)31-24(37)20-12-29-34-14-22(38-25(20)34)18-10-28-33(13-18)7-8-35/h9-14,17,27,35H,2-8,15-16H2,1H3,(H,30,36)(H,31,37). The largest absolute Gasteiger partial charge is 0.394 e. The molecule has 1 atom stereocenters. The first-order valence-electron chi connectivity index (χ1n) is 13.0. The Balaban J connectivity index is 1.10. The van der Waals surface area contributed by atoms with Crippen LogP contribution >= 0.6 is 11.3 Å². The van der Waals surface area contributed by atoms with E-state index in [9.17, 15) is 9.59 Å². The van der Waals surface area contributed by atoms with Crippen molar-refractivity contribution < 1.29 is 14.7 Å². The molecule has 6 rings (SSSR count). The molecule has 3 aromatic rings. The van der Waals surface area contributed by atoms with Crippen LogP contribution in [0.2, 0.25) is 0 Å². The molecule has 200 valence electrons. The fourth-order valence-electron chi connectivity index (χ4n) is 5.50. The Bertz CT molecular complexity index is 1430. The second-order valence-corrected chi connectivity index (χ2v) is 11.6. The maximum atomic E-state index is 13.2. The van der Waals surface area contributed by atoms with Gasteiger partial charge in [-0.05, 0) is 44.2 Å². The lowest BCUT2D eigenvalue weighted by atomic mass is 9.68. The molecule has 0 bridgehead atoms. The Labute approximate surface area is 224 Å². The van der Waals surface area contributed by atoms with Gasteiger partial charge >= 0.3 is 0 Å². The summed E-state index contributed by atoms with van der Waals surface area (Å²) in [7, 11) is 0. The summed E-state index contributed by atoms with van der Waals surface area (Å²) in [5.41, 5.74) is 3.12. The third-order valence-electron chi connectivity index (χ3n) is 7.79. The lowest BCUT2D eigenvalue weighted by Gasteiger charge is -2.38. The highest BCUT2D eigenvalue weighted by Crippen LogP contribution is 2.47. The maximum absolute atomic E-state index is 13.2. The number of rotatable bonds is 8. The lowest BCUT2D eigenvalue weighted by Crippen LogP contribution is -2.41. The Morgan fingerprint density at radius 2 is 2.08 bits per heavy atom. The number of nitrogens with one attached hydrogen (secondary N) is 3. The van der Waals surface area contributed by atoms with Crippen LogP contribution in [-0.4, -0.2) is 73.5 Å². The van der Waals surface area contributed by atoms with E-state index in [4.69, 9.17) is 5.11 Å². The normalized spacial score (nSPS) is 20.6. The van der Waals surface area contributed by atoms with Crippen LogP contribution in [0.4, 0.5) is 0 Å². The number of likely N-dealkylation sites (tertiary alicyclic amines) is 1. The minimum atomic E-state index is -0.264. The van der Waals surface area contributed by atoms with Crippen molar-refractivity contribution in [2.45, 2.75) is 45.2 Å². The predicted octanol–water partition coefficient (Wildman–Crippen LogP) is 1.69. The zero-order valence-electron chi connectivity index (χ0n) is 21.3. The Hall–Kier alpha value is -3.48. The van der Waals surface area contributed by atoms with Gasteiger partial charge in [-0.15, -0.1) is 11.3 Å². The van der Waals surface area contributed by atoms with Crippen molar-refractivity contribution in [1.29, 1.82) is 0 Å². The van der Waals surface area contributed by atoms with Crippen LogP contribution in [0, 0.1) is 5.41 Å². The van der Waals surface area contributed by atoms with Crippen molar-refractivity contribution >= 4 is 28.0 Å². The van der Waals surface area contributed by atoms with Crippen LogP contribution in [-0.2, 0) is 11.3 Å². The van der Waals surface area contributed by atoms with Crippen molar-refractivity contribution in [2.75, 3.05) is 26.2 Å². The Kier molecular flexibility index (Phi) is 6.54. The van der Waals surface area contributed by atoms with Crippen LogP contribution in [0.25, 0.3) is 15.3 Å². The summed E-state index contributed by atoms with van der Waals surface area (Å²) in [6, 6.07) is -0.126. The molecule has 2 aliphatic heterocycles. The maximum Gasteiger partial charge on any atom is 0.260 e. The number of dihydropyridines is 1. The quantitative estimate of drug-likeness (QED) is 0.345. The number of aromatic nitrogens is 4. The van der Waals surface area contributed by atoms with Crippen molar-refractivity contribution in [1.82, 2.24) is 40.2 Å². The van der Waals surface area contributed by atoms with Crippen LogP contribution in [0.15, 0.2) is 48.5 Å². The van der Waals surface area contributed by atoms with Gasteiger partial charge in [0.2, 0.25) is 5.91 Å². The van der Waals surface area contributed by atoms with Crippen LogP contribution < -0.4 is 16.0 Å². The number of carbonyl (C=O) groups excluding carboxylic acids is 2. The molecule has 1 unspecified atom stereocenters. The predicted molar refractivity (Wildman–Crippen MR) is 143 cm³/mol. The third kappa shape index (κ3) is 4.86. The lowest BCUT2D eigenvalue weighted by molar-refractivity contribution is -0.121. The molecule has 12 heteroatoms. The second kappa shape index (κ2) is 10.0. The Morgan fingerprint density at radius 3 is 2.84 bits per heavy atom. The number of carbonyl (C=O) groups is 2.